The van der Waals surface area contributed by atoms with Crippen molar-refractivity contribution in [3.63, 3.8) is 0 Å². The monoisotopic (exact) mass is 426 g/mol. The Bertz CT molecular complexity index is 1030. The summed E-state index contributed by atoms with van der Waals surface area (Å²) >= 11 is 1.32. The number of hydrogen-bond donors (Lipinski definition) is 2. The SMILES string of the molecule is OCc1cc(-c2nccs2)c2oc(N3CC4CCC(C3)N4)nc2c1OC(F)(F)F. The van der Waals surface area contributed by atoms with E-state index < -0.39 is 18.7 Å². The van der Waals surface area contributed by atoms with Gasteiger partial charge in [-0.05, 0) is 18.9 Å². The van der Waals surface area contributed by atoms with Crippen LogP contribution in [0, 0.1) is 0 Å². The average Bonchev–Trinajstić information content (AvgIpc) is 3.41. The molecule has 2 aliphatic heterocycles. The summed E-state index contributed by atoms with van der Waals surface area (Å²) in [5, 5.41) is 15.5. The highest BCUT2D eigenvalue weighted by Gasteiger charge is 2.37. The zero-order valence-corrected chi connectivity index (χ0v) is 15.9. The van der Waals surface area contributed by atoms with Crippen molar-refractivity contribution in [2.45, 2.75) is 37.9 Å². The van der Waals surface area contributed by atoms with E-state index >= 15 is 0 Å². The molecule has 2 bridgehead atoms. The van der Waals surface area contributed by atoms with Crippen molar-refractivity contribution in [2.75, 3.05) is 18.0 Å². The second kappa shape index (κ2) is 6.85. The maximum absolute atomic E-state index is 13.0. The van der Waals surface area contributed by atoms with Gasteiger partial charge in [0.25, 0.3) is 6.01 Å². The Balaban J connectivity index is 1.67. The van der Waals surface area contributed by atoms with Crippen LogP contribution in [0.15, 0.2) is 22.1 Å². The van der Waals surface area contributed by atoms with Crippen molar-refractivity contribution in [2.24, 2.45) is 0 Å². The molecule has 0 saturated carbocycles. The Morgan fingerprint density at radius 3 is 2.69 bits per heavy atom. The molecule has 2 fully saturated rings. The van der Waals surface area contributed by atoms with Gasteiger partial charge in [0.05, 0.1) is 12.2 Å². The third-order valence-corrected chi connectivity index (χ3v) is 6.03. The van der Waals surface area contributed by atoms with Crippen LogP contribution in [0.2, 0.25) is 0 Å². The lowest BCUT2D eigenvalue weighted by Gasteiger charge is -2.31. The molecule has 7 nitrogen and oxygen atoms in total. The Labute approximate surface area is 167 Å². The molecule has 11 heteroatoms. The maximum atomic E-state index is 13.0. The summed E-state index contributed by atoms with van der Waals surface area (Å²) in [7, 11) is 0. The molecule has 2 aromatic heterocycles. The molecule has 3 aromatic rings. The van der Waals surface area contributed by atoms with E-state index in [9.17, 15) is 18.3 Å². The molecule has 0 amide bonds. The van der Waals surface area contributed by atoms with Crippen LogP contribution in [0.1, 0.15) is 18.4 Å². The summed E-state index contributed by atoms with van der Waals surface area (Å²) in [6, 6.07) is 2.28. The lowest BCUT2D eigenvalue weighted by molar-refractivity contribution is -0.274. The molecule has 0 spiro atoms. The number of oxazole rings is 1. The van der Waals surface area contributed by atoms with E-state index in [1.165, 1.54) is 17.4 Å². The highest BCUT2D eigenvalue weighted by Crippen LogP contribution is 2.42. The fourth-order valence-corrected chi connectivity index (χ4v) is 4.70. The number of piperazine rings is 1. The fourth-order valence-electron chi connectivity index (χ4n) is 4.05. The molecule has 2 N–H and O–H groups in total. The minimum absolute atomic E-state index is 0.0275. The Hall–Kier alpha value is -2.37. The van der Waals surface area contributed by atoms with Crippen LogP contribution in [-0.2, 0) is 6.61 Å². The standard InChI is InChI=1S/C18H17F3N4O3S/c19-18(20,21)28-14-9(8-26)5-12(16-22-3-4-29-16)15-13(14)24-17(27-15)25-6-10-1-2-11(7-25)23-10/h3-5,10-11,23,26H,1-2,6-8H2. The van der Waals surface area contributed by atoms with E-state index in [0.29, 0.717) is 35.7 Å². The second-order valence-electron chi connectivity index (χ2n) is 7.17. The first-order valence-corrected chi connectivity index (χ1v) is 10.0. The quantitative estimate of drug-likeness (QED) is 0.662. The topological polar surface area (TPSA) is 83.7 Å². The normalized spacial score (nSPS) is 21.9. The van der Waals surface area contributed by atoms with Crippen molar-refractivity contribution in [3.05, 3.63) is 23.2 Å². The third-order valence-electron chi connectivity index (χ3n) is 5.22. The third kappa shape index (κ3) is 3.43. The number of anilines is 1. The summed E-state index contributed by atoms with van der Waals surface area (Å²) in [4.78, 5) is 10.5. The molecular weight excluding hydrogens is 409 g/mol. The molecule has 1 aromatic carbocycles. The number of halogens is 3. The van der Waals surface area contributed by atoms with Gasteiger partial charge < -0.3 is 24.5 Å². The van der Waals surface area contributed by atoms with Gasteiger partial charge in [-0.25, -0.2) is 4.98 Å². The number of benzene rings is 1. The van der Waals surface area contributed by atoms with Crippen LogP contribution >= 0.6 is 11.3 Å². The molecule has 154 valence electrons. The van der Waals surface area contributed by atoms with Crippen LogP contribution in [0.4, 0.5) is 19.2 Å². The minimum atomic E-state index is -4.92. The number of ether oxygens (including phenoxy) is 1. The van der Waals surface area contributed by atoms with Crippen LogP contribution in [-0.4, -0.2) is 46.6 Å². The number of nitrogens with one attached hydrogen (secondary N) is 1. The number of aliphatic hydroxyl groups is 1. The van der Waals surface area contributed by atoms with Crippen LogP contribution in [0.25, 0.3) is 21.7 Å². The van der Waals surface area contributed by atoms with Gasteiger partial charge >= 0.3 is 6.36 Å². The lowest BCUT2D eigenvalue weighted by Crippen LogP contribution is -2.51. The summed E-state index contributed by atoms with van der Waals surface area (Å²) in [6.07, 6.45) is -1.24. The molecule has 0 aliphatic carbocycles. The first-order valence-electron chi connectivity index (χ1n) is 9.15. The number of aliphatic hydroxyl groups excluding tert-OH is 1. The molecule has 2 atom stereocenters. The summed E-state index contributed by atoms with van der Waals surface area (Å²) in [6.45, 7) is 0.691. The minimum Gasteiger partial charge on any atom is -0.422 e. The smallest absolute Gasteiger partial charge is 0.422 e. The summed E-state index contributed by atoms with van der Waals surface area (Å²) < 4.78 is 49.3. The Morgan fingerprint density at radius 1 is 1.31 bits per heavy atom. The van der Waals surface area contributed by atoms with Crippen LogP contribution < -0.4 is 15.0 Å². The van der Waals surface area contributed by atoms with Gasteiger partial charge in [0.2, 0.25) is 0 Å². The number of thiazole rings is 1. The molecule has 2 unspecified atom stereocenters. The van der Waals surface area contributed by atoms with Gasteiger partial charge in [0.15, 0.2) is 16.8 Å². The van der Waals surface area contributed by atoms with E-state index in [1.54, 1.807) is 11.6 Å². The Morgan fingerprint density at radius 2 is 2.07 bits per heavy atom. The van der Waals surface area contributed by atoms with E-state index in [-0.39, 0.29) is 22.7 Å². The molecule has 5 rings (SSSR count). The first kappa shape index (κ1) is 18.6. The van der Waals surface area contributed by atoms with E-state index in [4.69, 9.17) is 4.42 Å². The zero-order valence-electron chi connectivity index (χ0n) is 15.1. The predicted molar refractivity (Wildman–Crippen MR) is 99.9 cm³/mol. The van der Waals surface area contributed by atoms with Gasteiger partial charge in [-0.2, -0.15) is 4.98 Å². The van der Waals surface area contributed by atoms with Gasteiger partial charge in [0, 0.05) is 42.3 Å². The van der Waals surface area contributed by atoms with Gasteiger partial charge in [-0.1, -0.05) is 0 Å². The molecule has 2 saturated heterocycles. The lowest BCUT2D eigenvalue weighted by atomic mass is 10.1. The average molecular weight is 426 g/mol. The number of nitrogens with zero attached hydrogens (tertiary/aromatic N) is 3. The highest BCUT2D eigenvalue weighted by molar-refractivity contribution is 7.13. The largest absolute Gasteiger partial charge is 0.573 e. The van der Waals surface area contributed by atoms with Crippen molar-refractivity contribution in [3.8, 4) is 16.3 Å². The second-order valence-corrected chi connectivity index (χ2v) is 8.07. The van der Waals surface area contributed by atoms with Crippen molar-refractivity contribution in [1.29, 1.82) is 0 Å². The first-order chi connectivity index (χ1) is 13.9. The Kier molecular flexibility index (Phi) is 4.41. The van der Waals surface area contributed by atoms with E-state index in [2.05, 4.69) is 20.0 Å². The fraction of sp³-hybridized carbons (Fsp3) is 0.444. The van der Waals surface area contributed by atoms with Gasteiger partial charge in [0.1, 0.15) is 5.01 Å². The van der Waals surface area contributed by atoms with Crippen molar-refractivity contribution >= 4 is 28.5 Å². The number of aromatic nitrogens is 2. The number of alkyl halides is 3. The molecular formula is C18H17F3N4O3S. The predicted octanol–water partition coefficient (Wildman–Crippen LogP) is 3.28. The zero-order chi connectivity index (χ0) is 20.2. The highest BCUT2D eigenvalue weighted by atomic mass is 32.1. The molecule has 0 radical (unpaired) electrons. The van der Waals surface area contributed by atoms with E-state index in [0.717, 1.165) is 12.8 Å². The van der Waals surface area contributed by atoms with Gasteiger partial charge in [-0.15, -0.1) is 24.5 Å². The van der Waals surface area contributed by atoms with Crippen LogP contribution in [0.3, 0.4) is 0 Å². The van der Waals surface area contributed by atoms with Crippen molar-refractivity contribution in [1.82, 2.24) is 15.3 Å². The summed E-state index contributed by atoms with van der Waals surface area (Å²) in [5.74, 6) is -0.539. The number of hydrogen-bond acceptors (Lipinski definition) is 8. The molecule has 2 aliphatic rings. The number of rotatable bonds is 4. The molecule has 29 heavy (non-hydrogen) atoms. The van der Waals surface area contributed by atoms with Crippen molar-refractivity contribution < 1.29 is 27.4 Å². The maximum Gasteiger partial charge on any atom is 0.573 e. The van der Waals surface area contributed by atoms with E-state index in [1.807, 2.05) is 4.90 Å². The van der Waals surface area contributed by atoms with Gasteiger partial charge in [-0.3, -0.25) is 0 Å². The molecule has 4 heterocycles. The van der Waals surface area contributed by atoms with Crippen LogP contribution in [0.5, 0.6) is 5.75 Å². The summed E-state index contributed by atoms with van der Waals surface area (Å²) in [5.41, 5.74) is 0.544. The number of fused-ring (bicyclic) bond motifs is 3.